The largest absolute Gasteiger partial charge is 0.321 e. The second-order valence-electron chi connectivity index (χ2n) is 6.41. The number of carbonyl (C=O) groups is 1. The number of benzene rings is 2. The number of hydrogen-bond donors (Lipinski definition) is 2. The van der Waals surface area contributed by atoms with Crippen molar-refractivity contribution in [1.82, 2.24) is 9.71 Å². The van der Waals surface area contributed by atoms with E-state index in [1.165, 1.54) is 12.3 Å². The summed E-state index contributed by atoms with van der Waals surface area (Å²) < 4.78 is 41.0. The molecule has 8 heteroatoms. The van der Waals surface area contributed by atoms with Crippen LogP contribution in [0.1, 0.15) is 23.2 Å². The van der Waals surface area contributed by atoms with Crippen LogP contribution in [0.3, 0.4) is 0 Å². The van der Waals surface area contributed by atoms with Gasteiger partial charge in [0.2, 0.25) is 10.0 Å². The smallest absolute Gasteiger partial charge is 0.255 e. The van der Waals surface area contributed by atoms with Crippen LogP contribution in [0.5, 0.6) is 0 Å². The normalized spacial score (nSPS) is 14.3. The first-order valence-corrected chi connectivity index (χ1v) is 9.89. The van der Waals surface area contributed by atoms with Crippen molar-refractivity contribution in [3.63, 3.8) is 0 Å². The number of pyridine rings is 1. The summed E-state index contributed by atoms with van der Waals surface area (Å²) in [5, 5.41) is 3.52. The lowest BCUT2D eigenvalue weighted by Crippen LogP contribution is -2.27. The molecule has 1 aromatic heterocycles. The number of anilines is 1. The van der Waals surface area contributed by atoms with E-state index < -0.39 is 26.6 Å². The number of sulfonamides is 1. The quantitative estimate of drug-likeness (QED) is 0.707. The molecule has 1 aliphatic carbocycles. The molecule has 0 spiro atoms. The molecule has 1 fully saturated rings. The molecule has 0 radical (unpaired) electrons. The highest BCUT2D eigenvalue weighted by Crippen LogP contribution is 2.24. The van der Waals surface area contributed by atoms with Crippen LogP contribution in [0.4, 0.5) is 10.1 Å². The molecule has 27 heavy (non-hydrogen) atoms. The lowest BCUT2D eigenvalue weighted by atomic mass is 10.2. The lowest BCUT2D eigenvalue weighted by Gasteiger charge is -2.10. The molecule has 0 saturated heterocycles. The fourth-order valence-electron chi connectivity index (χ4n) is 2.68. The Kier molecular flexibility index (Phi) is 4.37. The maximum atomic E-state index is 14.0. The van der Waals surface area contributed by atoms with Gasteiger partial charge < -0.3 is 5.32 Å². The van der Waals surface area contributed by atoms with Gasteiger partial charge in [0.05, 0.1) is 17.4 Å². The van der Waals surface area contributed by atoms with Crippen molar-refractivity contribution in [2.24, 2.45) is 0 Å². The summed E-state index contributed by atoms with van der Waals surface area (Å²) in [6, 6.07) is 12.3. The second-order valence-corrected chi connectivity index (χ2v) is 8.09. The minimum absolute atomic E-state index is 0.0423. The molecule has 1 saturated carbocycles. The second kappa shape index (κ2) is 6.71. The number of amides is 1. The van der Waals surface area contributed by atoms with Crippen molar-refractivity contribution < 1.29 is 17.6 Å². The van der Waals surface area contributed by atoms with Crippen LogP contribution < -0.4 is 10.0 Å². The topological polar surface area (TPSA) is 88.2 Å². The van der Waals surface area contributed by atoms with Gasteiger partial charge in [-0.1, -0.05) is 18.2 Å². The highest BCUT2D eigenvalue weighted by molar-refractivity contribution is 7.89. The monoisotopic (exact) mass is 385 g/mol. The van der Waals surface area contributed by atoms with Gasteiger partial charge in [-0.05, 0) is 43.2 Å². The van der Waals surface area contributed by atoms with Gasteiger partial charge in [0.15, 0.2) is 0 Å². The standard InChI is InChI=1S/C19H16FN3O3S/c20-16-8-5-13(10-18(16)27(25,26)23-14-6-7-14)19(24)22-15-9-12-3-1-2-4-17(12)21-11-15/h1-5,8-11,14,23H,6-7H2,(H,22,24). The number of fused-ring (bicyclic) bond motifs is 1. The van der Waals surface area contributed by atoms with E-state index in [0.29, 0.717) is 5.69 Å². The zero-order valence-electron chi connectivity index (χ0n) is 14.1. The molecule has 1 heterocycles. The minimum atomic E-state index is -4.00. The Bertz CT molecular complexity index is 1140. The Labute approximate surface area is 155 Å². The van der Waals surface area contributed by atoms with E-state index in [-0.39, 0.29) is 11.6 Å². The lowest BCUT2D eigenvalue weighted by molar-refractivity contribution is 0.102. The molecular formula is C19H16FN3O3S. The van der Waals surface area contributed by atoms with Crippen molar-refractivity contribution in [3.8, 4) is 0 Å². The maximum absolute atomic E-state index is 14.0. The summed E-state index contributed by atoms with van der Waals surface area (Å²) in [6.07, 6.45) is 2.97. The number of carbonyl (C=O) groups excluding carboxylic acids is 1. The number of nitrogens with zero attached hydrogens (tertiary/aromatic N) is 1. The number of halogens is 1. The van der Waals surface area contributed by atoms with Crippen LogP contribution in [0.2, 0.25) is 0 Å². The Hall–Kier alpha value is -2.84. The van der Waals surface area contributed by atoms with Gasteiger partial charge in [-0.2, -0.15) is 0 Å². The summed E-state index contributed by atoms with van der Waals surface area (Å²) in [5.41, 5.74) is 1.29. The van der Waals surface area contributed by atoms with Crippen LogP contribution in [0, 0.1) is 5.82 Å². The fraction of sp³-hybridized carbons (Fsp3) is 0.158. The third-order valence-electron chi connectivity index (χ3n) is 4.23. The van der Waals surface area contributed by atoms with E-state index in [9.17, 15) is 17.6 Å². The number of rotatable bonds is 5. The molecule has 3 aromatic rings. The fourth-order valence-corrected chi connectivity index (χ4v) is 4.09. The molecule has 0 aliphatic heterocycles. The summed E-state index contributed by atoms with van der Waals surface area (Å²) in [6.45, 7) is 0. The SMILES string of the molecule is O=C(Nc1cnc2ccccc2c1)c1ccc(F)c(S(=O)(=O)NC2CC2)c1. The Morgan fingerprint density at radius 3 is 2.67 bits per heavy atom. The highest BCUT2D eigenvalue weighted by atomic mass is 32.2. The minimum Gasteiger partial charge on any atom is -0.321 e. The van der Waals surface area contributed by atoms with Gasteiger partial charge >= 0.3 is 0 Å². The zero-order valence-corrected chi connectivity index (χ0v) is 15.0. The molecule has 1 aliphatic rings. The third-order valence-corrected chi connectivity index (χ3v) is 5.77. The molecule has 0 atom stereocenters. The van der Waals surface area contributed by atoms with Gasteiger partial charge in [0.1, 0.15) is 10.7 Å². The molecule has 2 N–H and O–H groups in total. The molecule has 2 aromatic carbocycles. The molecule has 0 unspecified atom stereocenters. The summed E-state index contributed by atoms with van der Waals surface area (Å²) in [5.74, 6) is -1.44. The first-order valence-electron chi connectivity index (χ1n) is 8.40. The van der Waals surface area contributed by atoms with Crippen LogP contribution in [-0.4, -0.2) is 25.4 Å². The Morgan fingerprint density at radius 1 is 1.11 bits per heavy atom. The van der Waals surface area contributed by atoms with E-state index >= 15 is 0 Å². The van der Waals surface area contributed by atoms with E-state index in [0.717, 1.165) is 35.9 Å². The Morgan fingerprint density at radius 2 is 1.89 bits per heavy atom. The van der Waals surface area contributed by atoms with Gasteiger partial charge in [0.25, 0.3) is 5.91 Å². The number of nitrogens with one attached hydrogen (secondary N) is 2. The molecule has 138 valence electrons. The van der Waals surface area contributed by atoms with Crippen molar-refractivity contribution in [1.29, 1.82) is 0 Å². The molecule has 4 rings (SSSR count). The number of para-hydroxylation sites is 1. The van der Waals surface area contributed by atoms with Crippen LogP contribution >= 0.6 is 0 Å². The summed E-state index contributed by atoms with van der Waals surface area (Å²) >= 11 is 0. The summed E-state index contributed by atoms with van der Waals surface area (Å²) in [7, 11) is -4.00. The third kappa shape index (κ3) is 3.81. The van der Waals surface area contributed by atoms with Crippen LogP contribution in [0.15, 0.2) is 59.6 Å². The highest BCUT2D eigenvalue weighted by Gasteiger charge is 2.30. The predicted molar refractivity (Wildman–Crippen MR) is 99.4 cm³/mol. The van der Waals surface area contributed by atoms with E-state index in [4.69, 9.17) is 0 Å². The van der Waals surface area contributed by atoms with Gasteiger partial charge in [0, 0.05) is 17.0 Å². The van der Waals surface area contributed by atoms with Gasteiger partial charge in [-0.3, -0.25) is 9.78 Å². The molecular weight excluding hydrogens is 369 g/mol. The van der Waals surface area contributed by atoms with Crippen LogP contribution in [0.25, 0.3) is 10.9 Å². The van der Waals surface area contributed by atoms with E-state index in [2.05, 4.69) is 15.0 Å². The van der Waals surface area contributed by atoms with Crippen molar-refractivity contribution >= 4 is 32.5 Å². The first kappa shape index (κ1) is 17.6. The molecule has 1 amide bonds. The van der Waals surface area contributed by atoms with Gasteiger partial charge in [-0.25, -0.2) is 17.5 Å². The average molecular weight is 385 g/mol. The average Bonchev–Trinajstić information content (AvgIpc) is 3.45. The van der Waals surface area contributed by atoms with E-state index in [1.54, 1.807) is 6.07 Å². The number of hydrogen-bond acceptors (Lipinski definition) is 4. The Balaban J connectivity index is 1.60. The maximum Gasteiger partial charge on any atom is 0.255 e. The molecule has 6 nitrogen and oxygen atoms in total. The van der Waals surface area contributed by atoms with Crippen molar-refractivity contribution in [2.45, 2.75) is 23.8 Å². The van der Waals surface area contributed by atoms with Gasteiger partial charge in [-0.15, -0.1) is 0 Å². The zero-order chi connectivity index (χ0) is 19.0. The van der Waals surface area contributed by atoms with E-state index in [1.807, 2.05) is 24.3 Å². The first-order chi connectivity index (χ1) is 12.9. The summed E-state index contributed by atoms with van der Waals surface area (Å²) in [4.78, 5) is 16.2. The predicted octanol–water partition coefficient (Wildman–Crippen LogP) is 3.07. The van der Waals surface area contributed by atoms with Crippen molar-refractivity contribution in [2.75, 3.05) is 5.32 Å². The molecule has 0 bridgehead atoms. The number of aromatic nitrogens is 1. The van der Waals surface area contributed by atoms with Crippen LogP contribution in [-0.2, 0) is 10.0 Å². The van der Waals surface area contributed by atoms with Crippen molar-refractivity contribution in [3.05, 3.63) is 66.1 Å².